The molecular weight excluding hydrogens is 863 g/mol. The summed E-state index contributed by atoms with van der Waals surface area (Å²) in [5, 5.41) is 23.4. The van der Waals surface area contributed by atoms with Crippen molar-refractivity contribution >= 4 is 11.9 Å². The van der Waals surface area contributed by atoms with Gasteiger partial charge in [0.2, 0.25) is 5.91 Å². The molecule has 0 radical (unpaired) electrons. The van der Waals surface area contributed by atoms with Gasteiger partial charge in [-0.25, -0.2) is 0 Å². The zero-order valence-electron chi connectivity index (χ0n) is 47.5. The molecule has 3 N–H and O–H groups in total. The summed E-state index contributed by atoms with van der Waals surface area (Å²) in [6.45, 7) is 4.94. The molecule has 0 aliphatic carbocycles. The van der Waals surface area contributed by atoms with Gasteiger partial charge in [-0.3, -0.25) is 9.59 Å². The third-order valence-corrected chi connectivity index (χ3v) is 15.1. The second-order valence-corrected chi connectivity index (χ2v) is 22.1. The molecular formula is C64H125NO5. The summed E-state index contributed by atoms with van der Waals surface area (Å²) >= 11 is 0. The van der Waals surface area contributed by atoms with E-state index in [1.165, 1.54) is 283 Å². The van der Waals surface area contributed by atoms with E-state index in [2.05, 4.69) is 31.3 Å². The van der Waals surface area contributed by atoms with Gasteiger partial charge in [0, 0.05) is 12.8 Å². The molecule has 0 spiro atoms. The summed E-state index contributed by atoms with van der Waals surface area (Å²) in [4.78, 5) is 24.5. The van der Waals surface area contributed by atoms with Crippen molar-refractivity contribution < 1.29 is 24.5 Å². The maximum absolute atomic E-state index is 12.5. The Bertz CT molecular complexity index is 1050. The van der Waals surface area contributed by atoms with Crippen LogP contribution < -0.4 is 5.32 Å². The molecule has 6 nitrogen and oxygen atoms in total. The van der Waals surface area contributed by atoms with E-state index < -0.39 is 12.1 Å². The van der Waals surface area contributed by atoms with Gasteiger partial charge in [0.05, 0.1) is 25.4 Å². The molecule has 0 saturated heterocycles. The van der Waals surface area contributed by atoms with Crippen LogP contribution in [-0.4, -0.2) is 47.4 Å². The van der Waals surface area contributed by atoms with Crippen molar-refractivity contribution in [3.8, 4) is 0 Å². The fourth-order valence-corrected chi connectivity index (χ4v) is 10.2. The molecule has 0 bridgehead atoms. The van der Waals surface area contributed by atoms with Gasteiger partial charge in [-0.2, -0.15) is 0 Å². The number of unbranched alkanes of at least 4 members (excludes halogenated alkanes) is 47. The Balaban J connectivity index is 3.39. The Morgan fingerprint density at radius 2 is 0.686 bits per heavy atom. The summed E-state index contributed by atoms with van der Waals surface area (Å²) < 4.78 is 5.46. The molecule has 0 aromatic carbocycles. The van der Waals surface area contributed by atoms with Gasteiger partial charge in [0.15, 0.2) is 0 Å². The van der Waals surface area contributed by atoms with Crippen LogP contribution >= 0.6 is 0 Å². The molecule has 6 heteroatoms. The number of esters is 1. The summed E-state index contributed by atoms with van der Waals surface area (Å²) in [6.07, 6.45) is 72.3. The van der Waals surface area contributed by atoms with Crippen molar-refractivity contribution in [1.29, 1.82) is 0 Å². The minimum Gasteiger partial charge on any atom is -0.466 e. The van der Waals surface area contributed by atoms with Crippen LogP contribution in [0.15, 0.2) is 12.2 Å². The first-order chi connectivity index (χ1) is 34.5. The van der Waals surface area contributed by atoms with Crippen LogP contribution in [0.4, 0.5) is 0 Å². The predicted molar refractivity (Wildman–Crippen MR) is 306 cm³/mol. The molecule has 416 valence electrons. The summed E-state index contributed by atoms with van der Waals surface area (Å²) in [7, 11) is 0. The van der Waals surface area contributed by atoms with Crippen molar-refractivity contribution in [2.75, 3.05) is 13.2 Å². The second-order valence-electron chi connectivity index (χ2n) is 22.1. The number of hydrogen-bond acceptors (Lipinski definition) is 5. The van der Waals surface area contributed by atoms with Crippen molar-refractivity contribution in [1.82, 2.24) is 5.32 Å². The molecule has 2 unspecified atom stereocenters. The Labute approximate surface area is 438 Å². The standard InChI is InChI=1S/C64H125NO5/c1-3-5-7-9-11-13-15-16-17-18-19-21-24-27-30-33-37-40-44-48-52-56-62(67)61(60-66)65-63(68)57-53-49-45-41-38-34-31-28-25-22-20-23-26-29-32-35-39-43-47-51-55-59-70-64(69)58-54-50-46-42-36-14-12-10-8-6-4-2/h10,12,61-62,66-67H,3-9,11,13-60H2,1-2H3,(H,65,68)/b12-10-. The van der Waals surface area contributed by atoms with E-state index in [4.69, 9.17) is 4.74 Å². The number of carbonyl (C=O) groups excluding carboxylic acids is 2. The first kappa shape index (κ1) is 68.6. The van der Waals surface area contributed by atoms with Crippen molar-refractivity contribution in [3.05, 3.63) is 12.2 Å². The highest BCUT2D eigenvalue weighted by Crippen LogP contribution is 2.19. The first-order valence-electron chi connectivity index (χ1n) is 31.9. The largest absolute Gasteiger partial charge is 0.466 e. The molecule has 0 aromatic heterocycles. The summed E-state index contributed by atoms with van der Waals surface area (Å²) in [6, 6.07) is -0.542. The molecule has 0 aliphatic rings. The highest BCUT2D eigenvalue weighted by molar-refractivity contribution is 5.76. The summed E-state index contributed by atoms with van der Waals surface area (Å²) in [5.41, 5.74) is 0. The Morgan fingerprint density at radius 1 is 0.386 bits per heavy atom. The molecule has 0 aliphatic heterocycles. The lowest BCUT2D eigenvalue weighted by Crippen LogP contribution is -2.45. The number of rotatable bonds is 60. The lowest BCUT2D eigenvalue weighted by molar-refractivity contribution is -0.143. The van der Waals surface area contributed by atoms with Gasteiger partial charge in [0.25, 0.3) is 0 Å². The van der Waals surface area contributed by atoms with Gasteiger partial charge >= 0.3 is 5.97 Å². The normalized spacial score (nSPS) is 12.6. The molecule has 70 heavy (non-hydrogen) atoms. The average molecular weight is 989 g/mol. The first-order valence-corrected chi connectivity index (χ1v) is 31.9. The fourth-order valence-electron chi connectivity index (χ4n) is 10.2. The lowest BCUT2D eigenvalue weighted by Gasteiger charge is -2.22. The van der Waals surface area contributed by atoms with Crippen LogP contribution in [-0.2, 0) is 14.3 Å². The third-order valence-electron chi connectivity index (χ3n) is 15.1. The van der Waals surface area contributed by atoms with Crippen molar-refractivity contribution in [3.63, 3.8) is 0 Å². The number of ether oxygens (including phenoxy) is 1. The number of allylic oxidation sites excluding steroid dienone is 2. The quantitative estimate of drug-likeness (QED) is 0.0321. The van der Waals surface area contributed by atoms with Crippen molar-refractivity contribution in [2.24, 2.45) is 0 Å². The van der Waals surface area contributed by atoms with Crippen LogP contribution in [0.25, 0.3) is 0 Å². The number of aliphatic hydroxyl groups excluding tert-OH is 2. The minimum absolute atomic E-state index is 0.00178. The number of amides is 1. The number of aliphatic hydroxyl groups is 2. The Hall–Kier alpha value is -1.40. The zero-order chi connectivity index (χ0) is 50.7. The van der Waals surface area contributed by atoms with E-state index in [1.54, 1.807) is 0 Å². The topological polar surface area (TPSA) is 95.9 Å². The number of carbonyl (C=O) groups is 2. The van der Waals surface area contributed by atoms with E-state index in [9.17, 15) is 19.8 Å². The minimum atomic E-state index is -0.665. The molecule has 1 amide bonds. The molecule has 0 saturated carbocycles. The number of nitrogens with one attached hydrogen (secondary N) is 1. The van der Waals surface area contributed by atoms with Gasteiger partial charge < -0.3 is 20.3 Å². The van der Waals surface area contributed by atoms with Gasteiger partial charge in [-0.15, -0.1) is 0 Å². The highest BCUT2D eigenvalue weighted by Gasteiger charge is 2.20. The Kier molecular flexibility index (Phi) is 59.0. The lowest BCUT2D eigenvalue weighted by atomic mass is 10.0. The molecule has 0 fully saturated rings. The van der Waals surface area contributed by atoms with E-state index >= 15 is 0 Å². The maximum atomic E-state index is 12.5. The molecule has 0 aromatic rings. The van der Waals surface area contributed by atoms with E-state index in [-0.39, 0.29) is 18.5 Å². The highest BCUT2D eigenvalue weighted by atomic mass is 16.5. The fraction of sp³-hybridized carbons (Fsp3) is 0.938. The van der Waals surface area contributed by atoms with Crippen LogP contribution in [0.3, 0.4) is 0 Å². The molecule has 0 rings (SSSR count). The Morgan fingerprint density at radius 3 is 1.06 bits per heavy atom. The van der Waals surface area contributed by atoms with Gasteiger partial charge in [-0.05, 0) is 44.9 Å². The summed E-state index contributed by atoms with van der Waals surface area (Å²) in [5.74, 6) is -0.0301. The van der Waals surface area contributed by atoms with E-state index in [0.717, 1.165) is 44.9 Å². The zero-order valence-corrected chi connectivity index (χ0v) is 47.5. The maximum Gasteiger partial charge on any atom is 0.305 e. The van der Waals surface area contributed by atoms with E-state index in [1.807, 2.05) is 0 Å². The monoisotopic (exact) mass is 988 g/mol. The molecule has 2 atom stereocenters. The third kappa shape index (κ3) is 55.9. The molecule has 0 heterocycles. The SMILES string of the molecule is CCCC/C=C\CCCCCCCC(=O)OCCCCCCCCCCCCCCCCCCCCCCCC(=O)NC(CO)C(O)CCCCCCCCCCCCCCCCCCCCCCC. The van der Waals surface area contributed by atoms with Crippen LogP contribution in [0, 0.1) is 0 Å². The number of hydrogen-bond donors (Lipinski definition) is 3. The van der Waals surface area contributed by atoms with Crippen molar-refractivity contribution in [2.45, 2.75) is 373 Å². The second kappa shape index (κ2) is 60.2. The average Bonchev–Trinajstić information content (AvgIpc) is 3.36. The predicted octanol–water partition coefficient (Wildman–Crippen LogP) is 20.0. The van der Waals surface area contributed by atoms with E-state index in [0.29, 0.717) is 25.9 Å². The van der Waals surface area contributed by atoms with Gasteiger partial charge in [0.1, 0.15) is 0 Å². The van der Waals surface area contributed by atoms with Crippen LogP contribution in [0.2, 0.25) is 0 Å². The van der Waals surface area contributed by atoms with Gasteiger partial charge in [-0.1, -0.05) is 315 Å². The smallest absolute Gasteiger partial charge is 0.305 e. The van der Waals surface area contributed by atoms with Crippen LogP contribution in [0.5, 0.6) is 0 Å². The van der Waals surface area contributed by atoms with Crippen LogP contribution in [0.1, 0.15) is 361 Å².